The Morgan fingerprint density at radius 2 is 2.05 bits per heavy atom. The highest BCUT2D eigenvalue weighted by Crippen LogP contribution is 2.39. The van der Waals surface area contributed by atoms with Gasteiger partial charge in [0, 0.05) is 25.7 Å². The quantitative estimate of drug-likeness (QED) is 0.872. The van der Waals surface area contributed by atoms with E-state index in [4.69, 9.17) is 9.47 Å². The molecule has 1 aromatic rings. The number of aryl methyl sites for hydroxylation is 1. The van der Waals surface area contributed by atoms with Crippen LogP contribution in [0.15, 0.2) is 18.2 Å². The smallest absolute Gasteiger partial charge is 0.119 e. The Kier molecular flexibility index (Phi) is 4.48. The molecule has 1 fully saturated rings. The molecule has 2 aliphatic carbocycles. The minimum Gasteiger partial charge on any atom is -0.497 e. The molecule has 0 aromatic heterocycles. The Morgan fingerprint density at radius 3 is 2.71 bits per heavy atom. The summed E-state index contributed by atoms with van der Waals surface area (Å²) in [5.41, 5.74) is 2.29. The Balaban J connectivity index is 1.78. The Labute approximate surface area is 126 Å². The molecule has 0 spiro atoms. The molecule has 4 nitrogen and oxygen atoms in total. The zero-order valence-corrected chi connectivity index (χ0v) is 12.9. The van der Waals surface area contributed by atoms with Crippen LogP contribution in [0.2, 0.25) is 0 Å². The standard InChI is InChI=1S/C17H25NO3/c1-20-10-9-18(13-4-5-13)16-8-3-12-11-14(21-2)6-7-15(12)17(16)19/h6-7,11,13,16-17,19H,3-5,8-10H2,1-2H3. The van der Waals surface area contributed by atoms with E-state index >= 15 is 0 Å². The molecule has 0 radical (unpaired) electrons. The summed E-state index contributed by atoms with van der Waals surface area (Å²) in [6.07, 6.45) is 4.11. The molecule has 0 amide bonds. The fourth-order valence-electron chi connectivity index (χ4n) is 3.45. The molecule has 0 saturated heterocycles. The van der Waals surface area contributed by atoms with Gasteiger partial charge in [0.2, 0.25) is 0 Å². The minimum atomic E-state index is -0.405. The van der Waals surface area contributed by atoms with Crippen LogP contribution in [-0.4, -0.2) is 49.5 Å². The summed E-state index contributed by atoms with van der Waals surface area (Å²) in [5.74, 6) is 0.873. The average Bonchev–Trinajstić information content (AvgIpc) is 3.34. The van der Waals surface area contributed by atoms with E-state index in [9.17, 15) is 5.11 Å². The number of benzene rings is 1. The zero-order valence-electron chi connectivity index (χ0n) is 12.9. The number of hydrogen-bond donors (Lipinski definition) is 1. The van der Waals surface area contributed by atoms with Crippen LogP contribution in [0.3, 0.4) is 0 Å². The molecule has 1 N–H and O–H groups in total. The summed E-state index contributed by atoms with van der Waals surface area (Å²) in [4.78, 5) is 2.46. The van der Waals surface area contributed by atoms with E-state index in [0.29, 0.717) is 6.04 Å². The van der Waals surface area contributed by atoms with Gasteiger partial charge in [-0.2, -0.15) is 0 Å². The zero-order chi connectivity index (χ0) is 14.8. The Hall–Kier alpha value is -1.10. The topological polar surface area (TPSA) is 41.9 Å². The highest BCUT2D eigenvalue weighted by atomic mass is 16.5. The van der Waals surface area contributed by atoms with Gasteiger partial charge in [-0.3, -0.25) is 4.90 Å². The summed E-state index contributed by atoms with van der Waals surface area (Å²) in [7, 11) is 3.42. The maximum absolute atomic E-state index is 10.8. The first-order valence-corrected chi connectivity index (χ1v) is 7.84. The molecule has 0 heterocycles. The van der Waals surface area contributed by atoms with E-state index in [0.717, 1.165) is 37.3 Å². The summed E-state index contributed by atoms with van der Waals surface area (Å²) < 4.78 is 10.5. The number of methoxy groups -OCH3 is 2. The molecular formula is C17H25NO3. The number of rotatable bonds is 6. The third-order valence-electron chi connectivity index (χ3n) is 4.74. The van der Waals surface area contributed by atoms with Crippen molar-refractivity contribution in [2.45, 2.75) is 43.9 Å². The second-order valence-electron chi connectivity index (χ2n) is 6.08. The molecule has 2 aliphatic rings. The molecule has 0 bridgehead atoms. The average molecular weight is 291 g/mol. The summed E-state index contributed by atoms with van der Waals surface area (Å²) in [6, 6.07) is 6.88. The van der Waals surface area contributed by atoms with Gasteiger partial charge in [-0.1, -0.05) is 6.07 Å². The van der Waals surface area contributed by atoms with Gasteiger partial charge >= 0.3 is 0 Å². The monoisotopic (exact) mass is 291 g/mol. The van der Waals surface area contributed by atoms with Gasteiger partial charge in [0.15, 0.2) is 0 Å². The van der Waals surface area contributed by atoms with Gasteiger partial charge in [-0.25, -0.2) is 0 Å². The van der Waals surface area contributed by atoms with E-state index in [1.807, 2.05) is 12.1 Å². The Morgan fingerprint density at radius 1 is 1.24 bits per heavy atom. The van der Waals surface area contributed by atoms with Gasteiger partial charge in [-0.15, -0.1) is 0 Å². The van der Waals surface area contributed by atoms with Crippen molar-refractivity contribution in [2.75, 3.05) is 27.4 Å². The number of nitrogens with zero attached hydrogens (tertiary/aromatic N) is 1. The molecule has 3 rings (SSSR count). The van der Waals surface area contributed by atoms with Crippen LogP contribution in [0.5, 0.6) is 5.75 Å². The van der Waals surface area contributed by atoms with Gasteiger partial charge in [0.05, 0.1) is 19.8 Å². The van der Waals surface area contributed by atoms with Crippen LogP contribution in [0, 0.1) is 0 Å². The SMILES string of the molecule is COCCN(C1CC1)C1CCc2cc(OC)ccc2C1O. The first-order chi connectivity index (χ1) is 10.2. The van der Waals surface area contributed by atoms with Gasteiger partial charge in [-0.05, 0) is 48.9 Å². The maximum Gasteiger partial charge on any atom is 0.119 e. The number of hydrogen-bond acceptors (Lipinski definition) is 4. The third-order valence-corrected chi connectivity index (χ3v) is 4.74. The van der Waals surface area contributed by atoms with Crippen molar-refractivity contribution in [1.29, 1.82) is 0 Å². The highest BCUT2D eigenvalue weighted by molar-refractivity contribution is 5.39. The lowest BCUT2D eigenvalue weighted by Gasteiger charge is -2.39. The van der Waals surface area contributed by atoms with Gasteiger partial charge in [0.1, 0.15) is 5.75 Å². The number of aliphatic hydroxyl groups is 1. The van der Waals surface area contributed by atoms with E-state index in [-0.39, 0.29) is 6.04 Å². The second-order valence-corrected chi connectivity index (χ2v) is 6.08. The third kappa shape index (κ3) is 3.07. The van der Waals surface area contributed by atoms with E-state index in [1.54, 1.807) is 14.2 Å². The van der Waals surface area contributed by atoms with Crippen LogP contribution in [-0.2, 0) is 11.2 Å². The predicted molar refractivity (Wildman–Crippen MR) is 81.7 cm³/mol. The number of fused-ring (bicyclic) bond motifs is 1. The van der Waals surface area contributed by atoms with Crippen LogP contribution < -0.4 is 4.74 Å². The van der Waals surface area contributed by atoms with Crippen molar-refractivity contribution >= 4 is 0 Å². The largest absolute Gasteiger partial charge is 0.497 e. The lowest BCUT2D eigenvalue weighted by atomic mass is 9.84. The van der Waals surface area contributed by atoms with E-state index in [1.165, 1.54) is 18.4 Å². The van der Waals surface area contributed by atoms with Crippen LogP contribution in [0.25, 0.3) is 0 Å². The summed E-state index contributed by atoms with van der Waals surface area (Å²) >= 11 is 0. The first-order valence-electron chi connectivity index (χ1n) is 7.84. The molecule has 1 saturated carbocycles. The van der Waals surface area contributed by atoms with Gasteiger partial charge in [0.25, 0.3) is 0 Å². The minimum absolute atomic E-state index is 0.216. The van der Waals surface area contributed by atoms with Crippen molar-refractivity contribution < 1.29 is 14.6 Å². The van der Waals surface area contributed by atoms with Gasteiger partial charge < -0.3 is 14.6 Å². The Bertz CT molecular complexity index is 487. The van der Waals surface area contributed by atoms with Crippen LogP contribution in [0.4, 0.5) is 0 Å². The fourth-order valence-corrected chi connectivity index (χ4v) is 3.45. The summed E-state index contributed by atoms with van der Waals surface area (Å²) in [6.45, 7) is 1.64. The molecule has 116 valence electrons. The predicted octanol–water partition coefficient (Wildman–Crippen LogP) is 2.15. The fraction of sp³-hybridized carbons (Fsp3) is 0.647. The second kappa shape index (κ2) is 6.34. The van der Waals surface area contributed by atoms with Crippen molar-refractivity contribution in [3.8, 4) is 5.75 Å². The van der Waals surface area contributed by atoms with E-state index in [2.05, 4.69) is 11.0 Å². The molecule has 4 heteroatoms. The highest BCUT2D eigenvalue weighted by Gasteiger charge is 2.39. The van der Waals surface area contributed by atoms with Crippen molar-refractivity contribution in [3.63, 3.8) is 0 Å². The lowest BCUT2D eigenvalue weighted by molar-refractivity contribution is 0.0178. The first kappa shape index (κ1) is 14.8. The normalized spacial score (nSPS) is 25.0. The molecule has 1 aromatic carbocycles. The molecule has 2 unspecified atom stereocenters. The van der Waals surface area contributed by atoms with Crippen molar-refractivity contribution in [1.82, 2.24) is 4.90 Å². The molecular weight excluding hydrogens is 266 g/mol. The van der Waals surface area contributed by atoms with Crippen molar-refractivity contribution in [3.05, 3.63) is 29.3 Å². The molecule has 0 aliphatic heterocycles. The van der Waals surface area contributed by atoms with Crippen LogP contribution >= 0.6 is 0 Å². The van der Waals surface area contributed by atoms with Crippen LogP contribution in [0.1, 0.15) is 36.5 Å². The van der Waals surface area contributed by atoms with Crippen molar-refractivity contribution in [2.24, 2.45) is 0 Å². The number of ether oxygens (including phenoxy) is 2. The lowest BCUT2D eigenvalue weighted by Crippen LogP contribution is -2.45. The summed E-state index contributed by atoms with van der Waals surface area (Å²) in [5, 5.41) is 10.8. The molecule has 2 atom stereocenters. The van der Waals surface area contributed by atoms with E-state index < -0.39 is 6.10 Å². The number of aliphatic hydroxyl groups excluding tert-OH is 1. The maximum atomic E-state index is 10.8. The molecule has 21 heavy (non-hydrogen) atoms.